The van der Waals surface area contributed by atoms with Gasteiger partial charge in [0, 0.05) is 0 Å². The van der Waals surface area contributed by atoms with Crippen LogP contribution in [-0.4, -0.2) is 6.36 Å². The summed E-state index contributed by atoms with van der Waals surface area (Å²) in [7, 11) is 0. The molecule has 0 unspecified atom stereocenters. The molecule has 0 heterocycles. The molecular formula is C8H6F3O2-. The van der Waals surface area contributed by atoms with Crippen LogP contribution in [0.3, 0.4) is 0 Å². The lowest BCUT2D eigenvalue weighted by Gasteiger charge is -2.15. The average Bonchev–Trinajstić information content (AvgIpc) is 1.96. The van der Waals surface area contributed by atoms with E-state index in [9.17, 15) is 18.3 Å². The minimum atomic E-state index is -4.75. The first-order valence-corrected chi connectivity index (χ1v) is 3.42. The van der Waals surface area contributed by atoms with Crippen LogP contribution >= 0.6 is 0 Å². The van der Waals surface area contributed by atoms with Crippen LogP contribution < -0.4 is 9.84 Å². The van der Waals surface area contributed by atoms with E-state index in [-0.39, 0.29) is 5.56 Å². The van der Waals surface area contributed by atoms with E-state index in [1.807, 2.05) is 0 Å². The third-order valence-electron chi connectivity index (χ3n) is 1.46. The van der Waals surface area contributed by atoms with E-state index in [1.165, 1.54) is 19.1 Å². The summed E-state index contributed by atoms with van der Waals surface area (Å²) in [5, 5.41) is 10.9. The van der Waals surface area contributed by atoms with E-state index in [0.717, 1.165) is 6.07 Å². The molecule has 72 valence electrons. The quantitative estimate of drug-likeness (QED) is 0.679. The van der Waals surface area contributed by atoms with E-state index in [0.29, 0.717) is 0 Å². The van der Waals surface area contributed by atoms with Crippen molar-refractivity contribution in [1.29, 1.82) is 0 Å². The Morgan fingerprint density at radius 3 is 2.46 bits per heavy atom. The van der Waals surface area contributed by atoms with Gasteiger partial charge in [-0.2, -0.15) is 0 Å². The second-order valence-corrected chi connectivity index (χ2v) is 2.43. The van der Waals surface area contributed by atoms with Gasteiger partial charge in [0.15, 0.2) is 0 Å². The SMILES string of the molecule is Cc1c([O-])cccc1OC(F)(F)F. The molecule has 13 heavy (non-hydrogen) atoms. The molecule has 0 aliphatic carbocycles. The van der Waals surface area contributed by atoms with Crippen molar-refractivity contribution in [2.75, 3.05) is 0 Å². The number of hydrogen-bond acceptors (Lipinski definition) is 2. The minimum absolute atomic E-state index is 0.0418. The Morgan fingerprint density at radius 1 is 1.31 bits per heavy atom. The molecule has 1 rings (SSSR count). The average molecular weight is 191 g/mol. The highest BCUT2D eigenvalue weighted by Gasteiger charge is 2.31. The van der Waals surface area contributed by atoms with Gasteiger partial charge < -0.3 is 9.84 Å². The Labute approximate surface area is 72.6 Å². The van der Waals surface area contributed by atoms with E-state index in [1.54, 1.807) is 0 Å². The Morgan fingerprint density at radius 2 is 1.92 bits per heavy atom. The molecule has 0 aromatic heterocycles. The van der Waals surface area contributed by atoms with Gasteiger partial charge in [-0.1, -0.05) is 12.1 Å². The molecule has 0 radical (unpaired) electrons. The fourth-order valence-electron chi connectivity index (χ4n) is 0.830. The molecule has 1 aromatic rings. The van der Waals surface area contributed by atoms with Gasteiger partial charge >= 0.3 is 6.36 Å². The second kappa shape index (κ2) is 3.16. The van der Waals surface area contributed by atoms with Gasteiger partial charge in [-0.05, 0) is 18.6 Å². The van der Waals surface area contributed by atoms with Gasteiger partial charge in [-0.3, -0.25) is 0 Å². The maximum Gasteiger partial charge on any atom is 0.573 e. The van der Waals surface area contributed by atoms with Crippen LogP contribution in [0.15, 0.2) is 18.2 Å². The first-order chi connectivity index (χ1) is 5.90. The highest BCUT2D eigenvalue weighted by Crippen LogP contribution is 2.29. The van der Waals surface area contributed by atoms with Gasteiger partial charge in [0.1, 0.15) is 5.75 Å². The second-order valence-electron chi connectivity index (χ2n) is 2.43. The maximum atomic E-state index is 11.7. The molecule has 0 aliphatic rings. The molecule has 0 spiro atoms. The minimum Gasteiger partial charge on any atom is -0.872 e. The molecular weight excluding hydrogens is 185 g/mol. The van der Waals surface area contributed by atoms with Crippen molar-refractivity contribution in [2.45, 2.75) is 13.3 Å². The number of ether oxygens (including phenoxy) is 1. The van der Waals surface area contributed by atoms with Crippen LogP contribution in [0.25, 0.3) is 0 Å². The van der Waals surface area contributed by atoms with Crippen LogP contribution in [0.1, 0.15) is 5.56 Å². The predicted molar refractivity (Wildman–Crippen MR) is 37.3 cm³/mol. The summed E-state index contributed by atoms with van der Waals surface area (Å²) >= 11 is 0. The van der Waals surface area contributed by atoms with Crippen LogP contribution in [0.4, 0.5) is 13.2 Å². The largest absolute Gasteiger partial charge is 0.872 e. The maximum absolute atomic E-state index is 11.7. The highest BCUT2D eigenvalue weighted by atomic mass is 19.4. The highest BCUT2D eigenvalue weighted by molar-refractivity contribution is 5.41. The summed E-state index contributed by atoms with van der Waals surface area (Å²) < 4.78 is 38.8. The number of halogens is 3. The van der Waals surface area contributed by atoms with E-state index >= 15 is 0 Å². The summed E-state index contributed by atoms with van der Waals surface area (Å²) in [6, 6.07) is 3.50. The zero-order chi connectivity index (χ0) is 10.1. The van der Waals surface area contributed by atoms with Crippen LogP contribution in [0.5, 0.6) is 11.5 Å². The number of rotatable bonds is 1. The van der Waals surface area contributed by atoms with Crippen molar-refractivity contribution in [2.24, 2.45) is 0 Å². The summed E-state index contributed by atoms with van der Waals surface area (Å²) in [4.78, 5) is 0. The van der Waals surface area contributed by atoms with E-state index in [4.69, 9.17) is 0 Å². The van der Waals surface area contributed by atoms with Crippen molar-refractivity contribution in [3.63, 3.8) is 0 Å². The fraction of sp³-hybridized carbons (Fsp3) is 0.250. The molecule has 0 amide bonds. The fourth-order valence-corrected chi connectivity index (χ4v) is 0.830. The molecule has 5 heteroatoms. The predicted octanol–water partition coefficient (Wildman–Crippen LogP) is 1.97. The molecule has 1 aromatic carbocycles. The first-order valence-electron chi connectivity index (χ1n) is 3.42. The van der Waals surface area contributed by atoms with Crippen LogP contribution in [0, 0.1) is 6.92 Å². The monoisotopic (exact) mass is 191 g/mol. The Hall–Kier alpha value is -1.39. The van der Waals surface area contributed by atoms with Gasteiger partial charge in [0.2, 0.25) is 0 Å². The van der Waals surface area contributed by atoms with Crippen molar-refractivity contribution >= 4 is 0 Å². The lowest BCUT2D eigenvalue weighted by molar-refractivity contribution is -0.278. The summed E-state index contributed by atoms with van der Waals surface area (Å²) in [6.45, 7) is 1.28. The third kappa shape index (κ3) is 2.54. The zero-order valence-corrected chi connectivity index (χ0v) is 6.68. The van der Waals surface area contributed by atoms with Crippen LogP contribution in [0.2, 0.25) is 0 Å². The van der Waals surface area contributed by atoms with Gasteiger partial charge in [0.05, 0.1) is 0 Å². The summed E-state index contributed by atoms with van der Waals surface area (Å²) in [5.74, 6) is -0.915. The summed E-state index contributed by atoms with van der Waals surface area (Å²) in [6.07, 6.45) is -4.75. The first kappa shape index (κ1) is 9.70. The zero-order valence-electron chi connectivity index (χ0n) is 6.68. The summed E-state index contributed by atoms with van der Waals surface area (Å²) in [5.41, 5.74) is -0.0418. The van der Waals surface area contributed by atoms with Crippen molar-refractivity contribution < 1.29 is 23.0 Å². The molecule has 0 bridgehead atoms. The topological polar surface area (TPSA) is 32.3 Å². The molecule has 0 aliphatic heterocycles. The van der Waals surface area contributed by atoms with Crippen LogP contribution in [-0.2, 0) is 0 Å². The molecule has 0 fully saturated rings. The standard InChI is InChI=1S/C8H7F3O2/c1-5-6(12)3-2-4-7(5)13-8(9,10)11/h2-4,12H,1H3/p-1. The lowest BCUT2D eigenvalue weighted by atomic mass is 10.2. The van der Waals surface area contributed by atoms with Crippen molar-refractivity contribution in [3.05, 3.63) is 23.8 Å². The Balaban J connectivity index is 2.96. The normalized spacial score (nSPS) is 11.4. The van der Waals surface area contributed by atoms with Gasteiger partial charge in [-0.15, -0.1) is 18.9 Å². The van der Waals surface area contributed by atoms with Crippen molar-refractivity contribution in [3.8, 4) is 11.5 Å². The molecule has 0 N–H and O–H groups in total. The van der Waals surface area contributed by atoms with Gasteiger partial charge in [-0.25, -0.2) is 0 Å². The molecule has 0 atom stereocenters. The van der Waals surface area contributed by atoms with Crippen molar-refractivity contribution in [1.82, 2.24) is 0 Å². The Kier molecular flexibility index (Phi) is 2.36. The smallest absolute Gasteiger partial charge is 0.573 e. The molecule has 2 nitrogen and oxygen atoms in total. The molecule has 0 saturated heterocycles. The number of hydrogen-bond donors (Lipinski definition) is 0. The number of alkyl halides is 3. The Bertz CT molecular complexity index is 307. The van der Waals surface area contributed by atoms with E-state index < -0.39 is 17.9 Å². The lowest BCUT2D eigenvalue weighted by Crippen LogP contribution is -2.18. The van der Waals surface area contributed by atoms with Gasteiger partial charge in [0.25, 0.3) is 0 Å². The van der Waals surface area contributed by atoms with E-state index in [2.05, 4.69) is 4.74 Å². The molecule has 0 saturated carbocycles. The number of benzene rings is 1. The third-order valence-corrected chi connectivity index (χ3v) is 1.46.